The Hall–Kier alpha value is -0.560. The van der Waals surface area contributed by atoms with Gasteiger partial charge in [0.15, 0.2) is 14.6 Å². The Kier molecular flexibility index (Phi) is 1.35. The minimum atomic E-state index is -3.21. The molecule has 3 fully saturated rings. The molecule has 2 aliphatic carbocycles. The van der Waals surface area contributed by atoms with Crippen molar-refractivity contribution in [2.24, 2.45) is 16.7 Å². The lowest BCUT2D eigenvalue weighted by molar-refractivity contribution is 0.162. The van der Waals surface area contributed by atoms with Gasteiger partial charge in [0.25, 0.3) is 0 Å². The average molecular weight is 225 g/mol. The highest BCUT2D eigenvalue weighted by molar-refractivity contribution is 7.93. The Labute approximate surface area is 90.4 Å². The van der Waals surface area contributed by atoms with Crippen molar-refractivity contribution in [2.75, 3.05) is 5.75 Å². The first kappa shape index (κ1) is 9.65. The van der Waals surface area contributed by atoms with Crippen LogP contribution in [0, 0.1) is 28.1 Å². The first-order valence-corrected chi connectivity index (χ1v) is 7.12. The van der Waals surface area contributed by atoms with Gasteiger partial charge in [-0.05, 0) is 30.6 Å². The third-order valence-corrected chi connectivity index (χ3v) is 8.53. The first-order valence-electron chi connectivity index (χ1n) is 5.47. The molecule has 3 nitrogen and oxygen atoms in total. The van der Waals surface area contributed by atoms with Crippen LogP contribution in [0.15, 0.2) is 0 Å². The van der Waals surface area contributed by atoms with Gasteiger partial charge in [0.2, 0.25) is 0 Å². The minimum absolute atomic E-state index is 0.137. The van der Waals surface area contributed by atoms with Gasteiger partial charge in [-0.3, -0.25) is 0 Å². The smallest absolute Gasteiger partial charge is 0.170 e. The third kappa shape index (κ3) is 0.640. The number of hydrogen-bond acceptors (Lipinski definition) is 3. The Morgan fingerprint density at radius 2 is 2.07 bits per heavy atom. The SMILES string of the molecule is C[C@@]12CC[C@@H]3C[C@]1(C#N)S(=O)(=O)C[C@]32C. The molecule has 1 heterocycles. The molecule has 3 rings (SSSR count). The molecule has 0 radical (unpaired) electrons. The molecule has 2 saturated carbocycles. The molecule has 4 heteroatoms. The van der Waals surface area contributed by atoms with Gasteiger partial charge in [0.1, 0.15) is 0 Å². The molecule has 4 atom stereocenters. The molecule has 15 heavy (non-hydrogen) atoms. The van der Waals surface area contributed by atoms with Crippen LogP contribution in [0.3, 0.4) is 0 Å². The van der Waals surface area contributed by atoms with Crippen molar-refractivity contribution in [3.8, 4) is 6.07 Å². The molecule has 0 aromatic heterocycles. The summed E-state index contributed by atoms with van der Waals surface area (Å²) in [7, 11) is -3.21. The molecule has 4 bridgehead atoms. The standard InChI is InChI=1S/C11H15NO2S/c1-9-7-15(13,14)11(6-12)5-8(9)3-4-10(9,11)2/h8H,3-5,7H2,1-2H3/t8-,9-,10+,11-/m1/s1. The van der Waals surface area contributed by atoms with Gasteiger partial charge in [-0.2, -0.15) is 5.26 Å². The summed E-state index contributed by atoms with van der Waals surface area (Å²) in [5.41, 5.74) is -0.431. The lowest BCUT2D eigenvalue weighted by Crippen LogP contribution is -2.45. The zero-order chi connectivity index (χ0) is 11.1. The van der Waals surface area contributed by atoms with Crippen molar-refractivity contribution >= 4 is 9.84 Å². The van der Waals surface area contributed by atoms with Crippen LogP contribution in [0.5, 0.6) is 0 Å². The second-order valence-electron chi connectivity index (χ2n) is 5.89. The normalized spacial score (nSPS) is 59.4. The van der Waals surface area contributed by atoms with E-state index in [9.17, 15) is 13.7 Å². The molecule has 0 amide bonds. The maximum atomic E-state index is 12.2. The highest BCUT2D eigenvalue weighted by atomic mass is 32.2. The van der Waals surface area contributed by atoms with Gasteiger partial charge >= 0.3 is 0 Å². The quantitative estimate of drug-likeness (QED) is 0.627. The molecule has 82 valence electrons. The van der Waals surface area contributed by atoms with E-state index >= 15 is 0 Å². The summed E-state index contributed by atoms with van der Waals surface area (Å²) in [6.45, 7) is 4.10. The van der Waals surface area contributed by atoms with E-state index < -0.39 is 14.6 Å². The zero-order valence-corrected chi connectivity index (χ0v) is 9.89. The predicted molar refractivity (Wildman–Crippen MR) is 55.7 cm³/mol. The van der Waals surface area contributed by atoms with Gasteiger partial charge in [0.05, 0.1) is 11.8 Å². The molecule has 3 aliphatic rings. The monoisotopic (exact) mass is 225 g/mol. The van der Waals surface area contributed by atoms with Gasteiger partial charge in [-0.1, -0.05) is 13.8 Å². The summed E-state index contributed by atoms with van der Waals surface area (Å²) in [6, 6.07) is 2.17. The fraction of sp³-hybridized carbons (Fsp3) is 0.909. The first-order chi connectivity index (χ1) is 6.83. The lowest BCUT2D eigenvalue weighted by Gasteiger charge is -2.35. The maximum Gasteiger partial charge on any atom is 0.170 e. The molecular formula is C11H15NO2S. The van der Waals surface area contributed by atoms with E-state index in [-0.39, 0.29) is 16.6 Å². The number of hydrogen-bond donors (Lipinski definition) is 0. The van der Waals surface area contributed by atoms with E-state index in [0.717, 1.165) is 12.8 Å². The highest BCUT2D eigenvalue weighted by Gasteiger charge is 2.81. The molecule has 0 unspecified atom stereocenters. The number of nitriles is 1. The van der Waals surface area contributed by atoms with Crippen LogP contribution in [-0.2, 0) is 9.84 Å². The van der Waals surface area contributed by atoms with Crippen molar-refractivity contribution in [2.45, 2.75) is 37.9 Å². The van der Waals surface area contributed by atoms with Crippen molar-refractivity contribution in [1.82, 2.24) is 0 Å². The van der Waals surface area contributed by atoms with E-state index in [1.165, 1.54) is 0 Å². The van der Waals surface area contributed by atoms with E-state index in [0.29, 0.717) is 12.3 Å². The van der Waals surface area contributed by atoms with E-state index in [1.807, 2.05) is 6.92 Å². The van der Waals surface area contributed by atoms with Crippen molar-refractivity contribution < 1.29 is 8.42 Å². The van der Waals surface area contributed by atoms with Crippen LogP contribution < -0.4 is 0 Å². The summed E-state index contributed by atoms with van der Waals surface area (Å²) < 4.78 is 23.3. The van der Waals surface area contributed by atoms with Crippen molar-refractivity contribution in [1.29, 1.82) is 5.26 Å². The molecule has 0 N–H and O–H groups in total. The Morgan fingerprint density at radius 3 is 2.53 bits per heavy atom. The average Bonchev–Trinajstić information content (AvgIpc) is 2.53. The predicted octanol–water partition coefficient (Wildman–Crippen LogP) is 1.50. The molecular weight excluding hydrogens is 210 g/mol. The van der Waals surface area contributed by atoms with Crippen molar-refractivity contribution in [3.63, 3.8) is 0 Å². The maximum absolute atomic E-state index is 12.2. The van der Waals surface area contributed by atoms with Gasteiger partial charge in [-0.15, -0.1) is 0 Å². The second-order valence-corrected chi connectivity index (χ2v) is 8.10. The number of sulfone groups is 1. The van der Waals surface area contributed by atoms with Crippen LogP contribution in [0.2, 0.25) is 0 Å². The molecule has 0 spiro atoms. The lowest BCUT2D eigenvalue weighted by atomic mass is 9.67. The highest BCUT2D eigenvalue weighted by Crippen LogP contribution is 2.76. The Morgan fingerprint density at radius 1 is 1.40 bits per heavy atom. The van der Waals surface area contributed by atoms with Gasteiger partial charge in [0, 0.05) is 5.41 Å². The summed E-state index contributed by atoms with van der Waals surface area (Å²) in [5.74, 6) is 0.681. The molecule has 1 aliphatic heterocycles. The Bertz CT molecular complexity index is 491. The minimum Gasteiger partial charge on any atom is -0.227 e. The summed E-state index contributed by atoms with van der Waals surface area (Å²) in [5, 5.41) is 9.35. The van der Waals surface area contributed by atoms with E-state index in [4.69, 9.17) is 0 Å². The van der Waals surface area contributed by atoms with Crippen LogP contribution in [-0.4, -0.2) is 18.9 Å². The van der Waals surface area contributed by atoms with Crippen LogP contribution in [0.4, 0.5) is 0 Å². The Balaban J connectivity index is 2.36. The second kappa shape index (κ2) is 2.10. The third-order valence-electron chi connectivity index (χ3n) is 5.78. The van der Waals surface area contributed by atoms with Crippen LogP contribution in [0.25, 0.3) is 0 Å². The summed E-state index contributed by atoms with van der Waals surface area (Å²) >= 11 is 0. The van der Waals surface area contributed by atoms with Crippen LogP contribution in [0.1, 0.15) is 33.1 Å². The van der Waals surface area contributed by atoms with Gasteiger partial charge in [-0.25, -0.2) is 8.42 Å². The zero-order valence-electron chi connectivity index (χ0n) is 9.08. The summed E-state index contributed by atoms with van der Waals surface area (Å²) in [6.07, 6.45) is 2.59. The number of nitrogens with zero attached hydrogens (tertiary/aromatic N) is 1. The topological polar surface area (TPSA) is 57.9 Å². The largest absolute Gasteiger partial charge is 0.227 e. The van der Waals surface area contributed by atoms with Gasteiger partial charge < -0.3 is 0 Å². The fourth-order valence-electron chi connectivity index (χ4n) is 4.58. The summed E-state index contributed by atoms with van der Waals surface area (Å²) in [4.78, 5) is 0. The van der Waals surface area contributed by atoms with Crippen molar-refractivity contribution in [3.05, 3.63) is 0 Å². The van der Waals surface area contributed by atoms with Crippen LogP contribution >= 0.6 is 0 Å². The van der Waals surface area contributed by atoms with E-state index in [2.05, 4.69) is 13.0 Å². The fourth-order valence-corrected chi connectivity index (χ4v) is 7.79. The molecule has 1 saturated heterocycles. The van der Waals surface area contributed by atoms with E-state index in [1.54, 1.807) is 0 Å². The molecule has 0 aromatic rings. The number of rotatable bonds is 0. The molecule has 0 aromatic carbocycles.